The Morgan fingerprint density at radius 2 is 2.08 bits per heavy atom. The van der Waals surface area contributed by atoms with Crippen LogP contribution in [0, 0.1) is 0 Å². The SMILES string of the molecule is CCNC(=NCc1cccc(CN(C)C)c1)NCC1(C)CCCO1. The van der Waals surface area contributed by atoms with Gasteiger partial charge in [-0.2, -0.15) is 0 Å². The maximum absolute atomic E-state index is 5.83. The van der Waals surface area contributed by atoms with Crippen LogP contribution in [0.5, 0.6) is 0 Å². The van der Waals surface area contributed by atoms with Crippen molar-refractivity contribution in [3.63, 3.8) is 0 Å². The summed E-state index contributed by atoms with van der Waals surface area (Å²) in [6.07, 6.45) is 2.25. The van der Waals surface area contributed by atoms with Gasteiger partial charge in [-0.25, -0.2) is 4.99 Å². The van der Waals surface area contributed by atoms with Gasteiger partial charge in [-0.15, -0.1) is 0 Å². The molecule has 0 saturated carbocycles. The molecular weight excluding hydrogens is 300 g/mol. The number of rotatable bonds is 7. The molecule has 1 fully saturated rings. The zero-order chi connectivity index (χ0) is 17.4. The molecule has 0 aromatic heterocycles. The Bertz CT molecular complexity index is 536. The van der Waals surface area contributed by atoms with Crippen LogP contribution in [0.4, 0.5) is 0 Å². The number of benzene rings is 1. The lowest BCUT2D eigenvalue weighted by Crippen LogP contribution is -2.45. The van der Waals surface area contributed by atoms with Crippen LogP contribution in [0.2, 0.25) is 0 Å². The summed E-state index contributed by atoms with van der Waals surface area (Å²) in [6, 6.07) is 8.63. The van der Waals surface area contributed by atoms with Crippen LogP contribution in [-0.2, 0) is 17.8 Å². The molecule has 2 rings (SSSR count). The molecule has 1 saturated heterocycles. The van der Waals surface area contributed by atoms with Crippen LogP contribution in [-0.4, -0.2) is 50.3 Å². The van der Waals surface area contributed by atoms with Crippen LogP contribution >= 0.6 is 0 Å². The topological polar surface area (TPSA) is 48.9 Å². The average molecular weight is 332 g/mol. The zero-order valence-electron chi connectivity index (χ0n) is 15.6. The normalized spacial score (nSPS) is 21.3. The van der Waals surface area contributed by atoms with E-state index in [0.717, 1.165) is 45.0 Å². The molecule has 5 heteroatoms. The first-order valence-corrected chi connectivity index (χ1v) is 8.89. The first kappa shape index (κ1) is 18.7. The Morgan fingerprint density at radius 1 is 1.29 bits per heavy atom. The van der Waals surface area contributed by atoms with Gasteiger partial charge < -0.3 is 20.3 Å². The lowest BCUT2D eigenvalue weighted by Gasteiger charge is -2.24. The summed E-state index contributed by atoms with van der Waals surface area (Å²) in [4.78, 5) is 6.90. The van der Waals surface area contributed by atoms with Crippen molar-refractivity contribution in [1.82, 2.24) is 15.5 Å². The third-order valence-corrected chi connectivity index (χ3v) is 4.18. The number of nitrogens with zero attached hydrogens (tertiary/aromatic N) is 2. The number of guanidine groups is 1. The Labute approximate surface area is 146 Å². The minimum absolute atomic E-state index is 0.0676. The molecule has 1 atom stereocenters. The molecule has 0 radical (unpaired) electrons. The largest absolute Gasteiger partial charge is 0.373 e. The van der Waals surface area contributed by atoms with Crippen LogP contribution in [0.25, 0.3) is 0 Å². The zero-order valence-corrected chi connectivity index (χ0v) is 15.6. The molecule has 0 amide bonds. The van der Waals surface area contributed by atoms with E-state index < -0.39 is 0 Å². The monoisotopic (exact) mass is 332 g/mol. The van der Waals surface area contributed by atoms with Gasteiger partial charge in [-0.05, 0) is 51.9 Å². The molecule has 0 spiro atoms. The van der Waals surface area contributed by atoms with Gasteiger partial charge in [-0.3, -0.25) is 0 Å². The number of hydrogen-bond acceptors (Lipinski definition) is 3. The maximum atomic E-state index is 5.83. The molecule has 24 heavy (non-hydrogen) atoms. The second kappa shape index (κ2) is 9.04. The summed E-state index contributed by atoms with van der Waals surface area (Å²) >= 11 is 0. The molecule has 0 aliphatic carbocycles. The maximum Gasteiger partial charge on any atom is 0.191 e. The fraction of sp³-hybridized carbons (Fsp3) is 0.632. The summed E-state index contributed by atoms with van der Waals surface area (Å²) in [5.74, 6) is 0.854. The predicted molar refractivity (Wildman–Crippen MR) is 100 cm³/mol. The smallest absolute Gasteiger partial charge is 0.191 e. The number of ether oxygens (including phenoxy) is 1. The van der Waals surface area contributed by atoms with Crippen molar-refractivity contribution < 1.29 is 4.74 Å². The number of hydrogen-bond donors (Lipinski definition) is 2. The highest BCUT2D eigenvalue weighted by Gasteiger charge is 2.29. The molecule has 1 aromatic rings. The van der Waals surface area contributed by atoms with E-state index in [1.165, 1.54) is 11.1 Å². The second-order valence-electron chi connectivity index (χ2n) is 7.01. The average Bonchev–Trinajstić information content (AvgIpc) is 2.97. The first-order chi connectivity index (χ1) is 11.5. The summed E-state index contributed by atoms with van der Waals surface area (Å²) in [5, 5.41) is 6.74. The van der Waals surface area contributed by atoms with E-state index in [0.29, 0.717) is 6.54 Å². The van der Waals surface area contributed by atoms with Gasteiger partial charge in [0.15, 0.2) is 5.96 Å². The molecule has 1 aliphatic rings. The molecule has 1 heterocycles. The highest BCUT2D eigenvalue weighted by atomic mass is 16.5. The van der Waals surface area contributed by atoms with E-state index in [1.807, 2.05) is 0 Å². The third-order valence-electron chi connectivity index (χ3n) is 4.18. The van der Waals surface area contributed by atoms with E-state index in [9.17, 15) is 0 Å². The molecule has 5 nitrogen and oxygen atoms in total. The molecule has 0 bridgehead atoms. The first-order valence-electron chi connectivity index (χ1n) is 8.89. The summed E-state index contributed by atoms with van der Waals surface area (Å²) in [6.45, 7) is 8.39. The third kappa shape index (κ3) is 6.13. The Morgan fingerprint density at radius 3 is 2.75 bits per heavy atom. The van der Waals surface area contributed by atoms with Crippen molar-refractivity contribution in [1.29, 1.82) is 0 Å². The van der Waals surface area contributed by atoms with Crippen molar-refractivity contribution in [3.05, 3.63) is 35.4 Å². The van der Waals surface area contributed by atoms with E-state index >= 15 is 0 Å². The lowest BCUT2D eigenvalue weighted by atomic mass is 10.0. The van der Waals surface area contributed by atoms with E-state index in [2.05, 4.69) is 67.7 Å². The van der Waals surface area contributed by atoms with Crippen molar-refractivity contribution >= 4 is 5.96 Å². The van der Waals surface area contributed by atoms with Crippen molar-refractivity contribution in [2.75, 3.05) is 33.8 Å². The standard InChI is InChI=1S/C19H32N4O/c1-5-20-18(22-15-19(2)10-7-11-24-19)21-13-16-8-6-9-17(12-16)14-23(3)4/h6,8-9,12H,5,7,10-11,13-15H2,1-4H3,(H2,20,21,22). The van der Waals surface area contributed by atoms with E-state index in [4.69, 9.17) is 9.73 Å². The van der Waals surface area contributed by atoms with Crippen LogP contribution in [0.1, 0.15) is 37.8 Å². The van der Waals surface area contributed by atoms with E-state index in [1.54, 1.807) is 0 Å². The predicted octanol–water partition coefficient (Wildman–Crippen LogP) is 2.37. The van der Waals surface area contributed by atoms with Gasteiger partial charge in [-0.1, -0.05) is 24.3 Å². The quantitative estimate of drug-likeness (QED) is 0.594. The van der Waals surface area contributed by atoms with Gasteiger partial charge in [0.1, 0.15) is 0 Å². The number of aliphatic imine (C=N–C) groups is 1. The van der Waals surface area contributed by atoms with Crippen LogP contribution < -0.4 is 10.6 Å². The van der Waals surface area contributed by atoms with Crippen LogP contribution in [0.15, 0.2) is 29.3 Å². The minimum Gasteiger partial charge on any atom is -0.373 e. The van der Waals surface area contributed by atoms with Crippen molar-refractivity contribution in [2.45, 2.75) is 45.4 Å². The Hall–Kier alpha value is -1.59. The van der Waals surface area contributed by atoms with Gasteiger partial charge >= 0.3 is 0 Å². The fourth-order valence-electron chi connectivity index (χ4n) is 2.95. The molecule has 1 aliphatic heterocycles. The summed E-state index contributed by atoms with van der Waals surface area (Å²) < 4.78 is 5.83. The van der Waals surface area contributed by atoms with Gasteiger partial charge in [0.05, 0.1) is 12.1 Å². The highest BCUT2D eigenvalue weighted by molar-refractivity contribution is 5.79. The Kier molecular flexibility index (Phi) is 7.06. The highest BCUT2D eigenvalue weighted by Crippen LogP contribution is 2.23. The van der Waals surface area contributed by atoms with E-state index in [-0.39, 0.29) is 5.60 Å². The van der Waals surface area contributed by atoms with Gasteiger partial charge in [0.2, 0.25) is 0 Å². The van der Waals surface area contributed by atoms with Gasteiger partial charge in [0.25, 0.3) is 0 Å². The summed E-state index contributed by atoms with van der Waals surface area (Å²) in [7, 11) is 4.17. The molecule has 1 aromatic carbocycles. The Balaban J connectivity index is 1.94. The number of nitrogens with one attached hydrogen (secondary N) is 2. The van der Waals surface area contributed by atoms with Crippen molar-refractivity contribution in [3.8, 4) is 0 Å². The molecule has 1 unspecified atom stereocenters. The van der Waals surface area contributed by atoms with Gasteiger partial charge in [0, 0.05) is 26.2 Å². The second-order valence-corrected chi connectivity index (χ2v) is 7.01. The minimum atomic E-state index is -0.0676. The summed E-state index contributed by atoms with van der Waals surface area (Å²) in [5.41, 5.74) is 2.48. The lowest BCUT2D eigenvalue weighted by molar-refractivity contribution is 0.0243. The molecule has 134 valence electrons. The molecular formula is C19H32N4O. The van der Waals surface area contributed by atoms with Crippen LogP contribution in [0.3, 0.4) is 0 Å². The van der Waals surface area contributed by atoms with Crippen molar-refractivity contribution in [2.24, 2.45) is 4.99 Å². The molecule has 2 N–H and O–H groups in total. The fourth-order valence-corrected chi connectivity index (χ4v) is 2.95.